The highest BCUT2D eigenvalue weighted by molar-refractivity contribution is 6.09. The van der Waals surface area contributed by atoms with Crippen molar-refractivity contribution in [2.45, 2.75) is 19.8 Å². The molecule has 0 amide bonds. The van der Waals surface area contributed by atoms with Gasteiger partial charge in [-0.05, 0) is 23.3 Å². The van der Waals surface area contributed by atoms with E-state index >= 15 is 0 Å². The maximum atomic E-state index is 12.6. The Labute approximate surface area is 145 Å². The Kier molecular flexibility index (Phi) is 4.75. The molecule has 0 radical (unpaired) electrons. The number of rotatable bonds is 5. The van der Waals surface area contributed by atoms with Crippen molar-refractivity contribution in [2.24, 2.45) is 0 Å². The number of hydrogen-bond donors (Lipinski definition) is 1. The molecule has 1 atom stereocenters. The summed E-state index contributed by atoms with van der Waals surface area (Å²) in [5.74, 6) is -0.241. The molecule has 0 saturated heterocycles. The average molecular weight is 335 g/mol. The van der Waals surface area contributed by atoms with Crippen molar-refractivity contribution in [3.8, 4) is 0 Å². The summed E-state index contributed by atoms with van der Waals surface area (Å²) in [6, 6.07) is 16.2. The Hall–Kier alpha value is -3.21. The first-order chi connectivity index (χ1) is 12.1. The minimum atomic E-state index is -0.495. The van der Waals surface area contributed by atoms with Crippen LogP contribution in [0.25, 0.3) is 0 Å². The molecular formula is C20H19N2O3+. The number of nitrogens with zero attached hydrogens (tertiary/aromatic N) is 1. The fraction of sp³-hybridized carbons (Fsp3) is 0.150. The molecule has 1 unspecified atom stereocenters. The molecule has 0 bridgehead atoms. The molecule has 0 aliphatic heterocycles. The molecule has 0 aliphatic carbocycles. The van der Waals surface area contributed by atoms with E-state index in [1.165, 1.54) is 4.73 Å². The zero-order valence-corrected chi connectivity index (χ0v) is 14.1. The molecule has 5 nitrogen and oxygen atoms in total. The summed E-state index contributed by atoms with van der Waals surface area (Å²) >= 11 is 0. The SMILES string of the molecule is Cc1[nH]cc[n+]1OC(=O)C(C)c1cccc(C(=O)c2ccccc2)c1. The lowest BCUT2D eigenvalue weighted by Gasteiger charge is -2.10. The number of H-pyrrole nitrogens is 1. The van der Waals surface area contributed by atoms with Crippen LogP contribution in [0.15, 0.2) is 67.0 Å². The van der Waals surface area contributed by atoms with Crippen molar-refractivity contribution >= 4 is 11.8 Å². The van der Waals surface area contributed by atoms with Gasteiger partial charge < -0.3 is 0 Å². The second-order valence-corrected chi connectivity index (χ2v) is 5.82. The smallest absolute Gasteiger partial charge is 0.289 e. The molecule has 126 valence electrons. The number of hydrogen-bond acceptors (Lipinski definition) is 3. The highest BCUT2D eigenvalue weighted by atomic mass is 16.7. The maximum Gasteiger partial charge on any atom is 0.365 e. The van der Waals surface area contributed by atoms with E-state index in [1.54, 1.807) is 56.6 Å². The van der Waals surface area contributed by atoms with Crippen LogP contribution in [0, 0.1) is 6.92 Å². The number of nitrogens with one attached hydrogen (secondary N) is 1. The first-order valence-corrected chi connectivity index (χ1v) is 8.04. The van der Waals surface area contributed by atoms with Crippen LogP contribution in [0.1, 0.15) is 40.2 Å². The van der Waals surface area contributed by atoms with Crippen LogP contribution in [0.3, 0.4) is 0 Å². The van der Waals surface area contributed by atoms with Crippen molar-refractivity contribution in [3.63, 3.8) is 0 Å². The number of carbonyl (C=O) groups is 2. The normalized spacial score (nSPS) is 11.8. The van der Waals surface area contributed by atoms with Gasteiger partial charge in [0.15, 0.2) is 12.0 Å². The third-order valence-corrected chi connectivity index (χ3v) is 4.06. The van der Waals surface area contributed by atoms with Crippen LogP contribution in [0.4, 0.5) is 0 Å². The van der Waals surface area contributed by atoms with Gasteiger partial charge in [-0.1, -0.05) is 48.5 Å². The van der Waals surface area contributed by atoms with Gasteiger partial charge in [-0.2, -0.15) is 0 Å². The minimum absolute atomic E-state index is 0.0705. The van der Waals surface area contributed by atoms with Crippen LogP contribution in [0.2, 0.25) is 0 Å². The molecule has 5 heteroatoms. The Morgan fingerprint density at radius 1 is 1.04 bits per heavy atom. The van der Waals surface area contributed by atoms with E-state index in [0.29, 0.717) is 17.0 Å². The Morgan fingerprint density at radius 2 is 1.76 bits per heavy atom. The van der Waals surface area contributed by atoms with Crippen LogP contribution in [-0.2, 0) is 4.79 Å². The molecule has 0 aliphatic rings. The molecule has 1 aromatic heterocycles. The van der Waals surface area contributed by atoms with Crippen LogP contribution in [0.5, 0.6) is 0 Å². The van der Waals surface area contributed by atoms with Crippen molar-refractivity contribution in [1.29, 1.82) is 0 Å². The molecule has 25 heavy (non-hydrogen) atoms. The molecule has 2 aromatic carbocycles. The zero-order chi connectivity index (χ0) is 17.8. The van der Waals surface area contributed by atoms with Gasteiger partial charge in [0.1, 0.15) is 6.20 Å². The Bertz CT molecular complexity index is 900. The van der Waals surface area contributed by atoms with Gasteiger partial charge in [0.05, 0.1) is 5.92 Å². The lowest BCUT2D eigenvalue weighted by atomic mass is 9.96. The summed E-state index contributed by atoms with van der Waals surface area (Å²) in [5, 5.41) is 0. The summed E-state index contributed by atoms with van der Waals surface area (Å²) in [7, 11) is 0. The predicted molar refractivity (Wildman–Crippen MR) is 92.0 cm³/mol. The van der Waals surface area contributed by atoms with E-state index in [-0.39, 0.29) is 5.78 Å². The molecule has 0 spiro atoms. The van der Waals surface area contributed by atoms with Gasteiger partial charge in [0.2, 0.25) is 0 Å². The van der Waals surface area contributed by atoms with E-state index in [2.05, 4.69) is 4.98 Å². The summed E-state index contributed by atoms with van der Waals surface area (Å²) in [5.41, 5.74) is 1.91. The van der Waals surface area contributed by atoms with E-state index in [4.69, 9.17) is 4.84 Å². The third-order valence-electron chi connectivity index (χ3n) is 4.06. The summed E-state index contributed by atoms with van der Waals surface area (Å²) < 4.78 is 1.39. The molecular weight excluding hydrogens is 316 g/mol. The lowest BCUT2D eigenvalue weighted by molar-refractivity contribution is -0.873. The van der Waals surface area contributed by atoms with E-state index in [9.17, 15) is 9.59 Å². The van der Waals surface area contributed by atoms with E-state index in [1.807, 2.05) is 24.3 Å². The largest absolute Gasteiger partial charge is 0.365 e. The third kappa shape index (κ3) is 3.66. The van der Waals surface area contributed by atoms with Crippen LogP contribution in [-0.4, -0.2) is 16.7 Å². The number of aromatic nitrogens is 2. The van der Waals surface area contributed by atoms with Crippen molar-refractivity contribution in [2.75, 3.05) is 0 Å². The second kappa shape index (κ2) is 7.13. The van der Waals surface area contributed by atoms with E-state index in [0.717, 1.165) is 5.56 Å². The number of aromatic amines is 1. The highest BCUT2D eigenvalue weighted by Gasteiger charge is 2.22. The molecule has 3 aromatic rings. The molecule has 1 N–H and O–H groups in total. The second-order valence-electron chi connectivity index (χ2n) is 5.82. The molecule has 1 heterocycles. The summed E-state index contributed by atoms with van der Waals surface area (Å²) in [6.07, 6.45) is 3.32. The van der Waals surface area contributed by atoms with Gasteiger partial charge >= 0.3 is 5.97 Å². The van der Waals surface area contributed by atoms with Crippen LogP contribution < -0.4 is 9.57 Å². The van der Waals surface area contributed by atoms with Crippen molar-refractivity contribution in [3.05, 3.63) is 89.5 Å². The fourth-order valence-corrected chi connectivity index (χ4v) is 2.52. The first kappa shape index (κ1) is 16.6. The minimum Gasteiger partial charge on any atom is -0.289 e. The Balaban J connectivity index is 1.80. The quantitative estimate of drug-likeness (QED) is 0.576. The van der Waals surface area contributed by atoms with Gasteiger partial charge in [-0.25, -0.2) is 9.78 Å². The van der Waals surface area contributed by atoms with Gasteiger partial charge in [-0.3, -0.25) is 9.63 Å². The zero-order valence-electron chi connectivity index (χ0n) is 14.1. The number of benzene rings is 2. The van der Waals surface area contributed by atoms with Gasteiger partial charge in [0, 0.05) is 18.1 Å². The fourth-order valence-electron chi connectivity index (χ4n) is 2.52. The summed E-state index contributed by atoms with van der Waals surface area (Å²) in [4.78, 5) is 33.2. The number of carbonyl (C=O) groups excluding carboxylic acids is 2. The van der Waals surface area contributed by atoms with E-state index < -0.39 is 11.9 Å². The van der Waals surface area contributed by atoms with Crippen LogP contribution >= 0.6 is 0 Å². The average Bonchev–Trinajstić information content (AvgIpc) is 3.06. The highest BCUT2D eigenvalue weighted by Crippen LogP contribution is 2.19. The molecule has 3 rings (SSSR count). The van der Waals surface area contributed by atoms with Crippen molar-refractivity contribution < 1.29 is 19.2 Å². The topological polar surface area (TPSA) is 63.0 Å². The van der Waals surface area contributed by atoms with Gasteiger partial charge in [-0.15, -0.1) is 0 Å². The monoisotopic (exact) mass is 335 g/mol. The Morgan fingerprint density at radius 3 is 2.44 bits per heavy atom. The number of aryl methyl sites for hydroxylation is 1. The molecule has 0 fully saturated rings. The number of imidazole rings is 1. The van der Waals surface area contributed by atoms with Crippen molar-refractivity contribution in [1.82, 2.24) is 4.98 Å². The maximum absolute atomic E-state index is 12.6. The predicted octanol–water partition coefficient (Wildman–Crippen LogP) is 2.60. The lowest BCUT2D eigenvalue weighted by Crippen LogP contribution is -2.47. The first-order valence-electron chi connectivity index (χ1n) is 8.04. The molecule has 0 saturated carbocycles. The standard InChI is InChI=1S/C20H18N2O3/c1-14(20(24)25-22-12-11-21-15(22)2)17-9-6-10-18(13-17)19(23)16-7-4-3-5-8-16/h3-14H,1-2H3/p+1. The number of ketones is 1. The van der Waals surface area contributed by atoms with Gasteiger partial charge in [0.25, 0.3) is 5.82 Å². The summed E-state index contributed by atoms with van der Waals surface area (Å²) in [6.45, 7) is 3.56.